The molecule has 0 aliphatic rings. The van der Waals surface area contributed by atoms with E-state index in [2.05, 4.69) is 63.7 Å². The molecule has 0 heterocycles. The minimum Gasteiger partial charge on any atom is -0.395 e. The summed E-state index contributed by atoms with van der Waals surface area (Å²) >= 11 is 6.09. The van der Waals surface area contributed by atoms with Crippen LogP contribution in [0.3, 0.4) is 0 Å². The van der Waals surface area contributed by atoms with Crippen molar-refractivity contribution < 1.29 is 10.2 Å². The number of nitrogens with zero attached hydrogens (tertiary/aromatic N) is 1. The first-order chi connectivity index (χ1) is 12.8. The molecule has 0 saturated carbocycles. The van der Waals surface area contributed by atoms with Gasteiger partial charge in [-0.15, -0.1) is 0 Å². The summed E-state index contributed by atoms with van der Waals surface area (Å²) < 4.78 is 0. The Kier molecular flexibility index (Phi) is 7.49. The number of rotatable bonds is 9. The molecule has 0 saturated heterocycles. The van der Waals surface area contributed by atoms with Crippen LogP contribution in [0.2, 0.25) is 5.02 Å². The number of aliphatic hydroxyl groups is 2. The zero-order chi connectivity index (χ0) is 20.0. The van der Waals surface area contributed by atoms with Gasteiger partial charge in [0.15, 0.2) is 0 Å². The van der Waals surface area contributed by atoms with E-state index in [9.17, 15) is 10.2 Å². The van der Waals surface area contributed by atoms with E-state index in [0.29, 0.717) is 13.1 Å². The van der Waals surface area contributed by atoms with E-state index >= 15 is 0 Å². The monoisotopic (exact) mass is 387 g/mol. The fourth-order valence-electron chi connectivity index (χ4n) is 3.42. The first-order valence-electron chi connectivity index (χ1n) is 9.29. The van der Waals surface area contributed by atoms with Crippen molar-refractivity contribution in [1.29, 1.82) is 0 Å². The molecule has 0 aromatic heterocycles. The molecular weight excluding hydrogens is 358 g/mol. The molecule has 0 fully saturated rings. The Labute approximate surface area is 167 Å². The van der Waals surface area contributed by atoms with Gasteiger partial charge in [0.1, 0.15) is 0 Å². The fraction of sp³-hybridized carbons (Fsp3) is 0.391. The van der Waals surface area contributed by atoms with Crippen LogP contribution in [0.5, 0.6) is 0 Å². The number of aliphatic hydroxyl groups excluding tert-OH is 2. The van der Waals surface area contributed by atoms with Crippen molar-refractivity contribution in [3.05, 3.63) is 76.8 Å². The van der Waals surface area contributed by atoms with Crippen LogP contribution in [0.25, 0.3) is 0 Å². The van der Waals surface area contributed by atoms with Gasteiger partial charge in [-0.3, -0.25) is 0 Å². The largest absolute Gasteiger partial charge is 0.395 e. The number of benzene rings is 2. The van der Waals surface area contributed by atoms with Crippen LogP contribution in [-0.4, -0.2) is 36.5 Å². The van der Waals surface area contributed by atoms with Crippen LogP contribution in [-0.2, 0) is 0 Å². The zero-order valence-electron chi connectivity index (χ0n) is 16.5. The number of halogens is 1. The van der Waals surface area contributed by atoms with Crippen LogP contribution in [0.1, 0.15) is 37.8 Å². The van der Waals surface area contributed by atoms with E-state index in [1.54, 1.807) is 0 Å². The average molecular weight is 388 g/mol. The molecule has 0 amide bonds. The van der Waals surface area contributed by atoms with Crippen molar-refractivity contribution in [2.75, 3.05) is 31.2 Å². The SMILES string of the molecule is C=C(C)C(C)(C)C(c1ccc(Cl)cc1)c1ccc(N(CCO)CCO)cc1. The van der Waals surface area contributed by atoms with Crippen molar-refractivity contribution in [1.82, 2.24) is 0 Å². The molecule has 0 spiro atoms. The van der Waals surface area contributed by atoms with E-state index in [-0.39, 0.29) is 24.5 Å². The summed E-state index contributed by atoms with van der Waals surface area (Å²) in [4.78, 5) is 1.98. The van der Waals surface area contributed by atoms with E-state index < -0.39 is 0 Å². The Bertz CT molecular complexity index is 732. The second-order valence-electron chi connectivity index (χ2n) is 7.51. The Hall–Kier alpha value is -1.81. The zero-order valence-corrected chi connectivity index (χ0v) is 17.2. The van der Waals surface area contributed by atoms with Crippen LogP contribution in [0, 0.1) is 5.41 Å². The third kappa shape index (κ3) is 5.13. The second kappa shape index (κ2) is 9.41. The highest BCUT2D eigenvalue weighted by Crippen LogP contribution is 2.45. The Morgan fingerprint density at radius 1 is 0.963 bits per heavy atom. The molecule has 27 heavy (non-hydrogen) atoms. The van der Waals surface area contributed by atoms with Gasteiger partial charge in [0.25, 0.3) is 0 Å². The predicted octanol–water partition coefficient (Wildman–Crippen LogP) is 4.87. The first kappa shape index (κ1) is 21.5. The van der Waals surface area contributed by atoms with Crippen molar-refractivity contribution in [2.24, 2.45) is 5.41 Å². The molecule has 0 radical (unpaired) electrons. The molecule has 1 unspecified atom stereocenters. The van der Waals surface area contributed by atoms with E-state index in [0.717, 1.165) is 16.3 Å². The summed E-state index contributed by atoms with van der Waals surface area (Å²) in [7, 11) is 0. The molecular formula is C23H30ClNO2. The van der Waals surface area contributed by atoms with Gasteiger partial charge >= 0.3 is 0 Å². The third-order valence-electron chi connectivity index (χ3n) is 5.36. The number of hydrogen-bond donors (Lipinski definition) is 2. The molecule has 4 heteroatoms. The van der Waals surface area contributed by atoms with Crippen molar-refractivity contribution in [2.45, 2.75) is 26.7 Å². The van der Waals surface area contributed by atoms with Gasteiger partial charge in [0.05, 0.1) is 13.2 Å². The molecule has 3 nitrogen and oxygen atoms in total. The predicted molar refractivity (Wildman–Crippen MR) is 115 cm³/mol. The number of allylic oxidation sites excluding steroid dienone is 1. The smallest absolute Gasteiger partial charge is 0.0606 e. The van der Waals surface area contributed by atoms with E-state index in [1.807, 2.05) is 17.0 Å². The molecule has 2 aromatic rings. The quantitative estimate of drug-likeness (QED) is 0.603. The lowest BCUT2D eigenvalue weighted by Gasteiger charge is -2.36. The number of anilines is 1. The summed E-state index contributed by atoms with van der Waals surface area (Å²) in [6.07, 6.45) is 0. The average Bonchev–Trinajstić information content (AvgIpc) is 2.64. The Morgan fingerprint density at radius 2 is 1.41 bits per heavy atom. The van der Waals surface area contributed by atoms with E-state index in [4.69, 9.17) is 11.6 Å². The topological polar surface area (TPSA) is 43.7 Å². The summed E-state index contributed by atoms with van der Waals surface area (Å²) in [5, 5.41) is 19.3. The lowest BCUT2D eigenvalue weighted by Crippen LogP contribution is -2.29. The summed E-state index contributed by atoms with van der Waals surface area (Å²) in [6, 6.07) is 16.4. The lowest BCUT2D eigenvalue weighted by molar-refractivity contribution is 0.281. The van der Waals surface area contributed by atoms with Crippen LogP contribution in [0.4, 0.5) is 5.69 Å². The maximum atomic E-state index is 9.26. The maximum Gasteiger partial charge on any atom is 0.0606 e. The first-order valence-corrected chi connectivity index (χ1v) is 9.67. The van der Waals surface area contributed by atoms with Crippen LogP contribution in [0.15, 0.2) is 60.7 Å². The van der Waals surface area contributed by atoms with Crippen molar-refractivity contribution in [3.8, 4) is 0 Å². The standard InChI is InChI=1S/C23H30ClNO2/c1-17(2)23(3,4)22(18-5-9-20(24)10-6-18)19-7-11-21(12-8-19)25(13-15-26)14-16-27/h5-12,22,26-27H,1,13-16H2,2-4H3. The second-order valence-corrected chi connectivity index (χ2v) is 7.95. The highest BCUT2D eigenvalue weighted by atomic mass is 35.5. The van der Waals surface area contributed by atoms with Gasteiger partial charge in [-0.25, -0.2) is 0 Å². The summed E-state index contributed by atoms with van der Waals surface area (Å²) in [6.45, 7) is 11.8. The molecule has 146 valence electrons. The summed E-state index contributed by atoms with van der Waals surface area (Å²) in [5.41, 5.74) is 4.37. The Balaban J connectivity index is 2.44. The van der Waals surface area contributed by atoms with Gasteiger partial charge in [-0.05, 0) is 47.7 Å². The molecule has 2 N–H and O–H groups in total. The molecule has 2 rings (SSSR count). The number of hydrogen-bond acceptors (Lipinski definition) is 3. The van der Waals surface area contributed by atoms with Gasteiger partial charge in [-0.2, -0.15) is 0 Å². The normalized spacial score (nSPS) is 12.7. The molecule has 0 bridgehead atoms. The van der Waals surface area contributed by atoms with Crippen LogP contribution < -0.4 is 4.90 Å². The molecule has 2 aromatic carbocycles. The third-order valence-corrected chi connectivity index (χ3v) is 5.61. The Morgan fingerprint density at radius 3 is 1.81 bits per heavy atom. The molecule has 1 atom stereocenters. The van der Waals surface area contributed by atoms with E-state index in [1.165, 1.54) is 11.1 Å². The highest BCUT2D eigenvalue weighted by molar-refractivity contribution is 6.30. The molecule has 0 aliphatic heterocycles. The summed E-state index contributed by atoms with van der Waals surface area (Å²) in [5.74, 6) is 0.144. The maximum absolute atomic E-state index is 9.26. The molecule has 0 aliphatic carbocycles. The van der Waals surface area contributed by atoms with Crippen molar-refractivity contribution in [3.63, 3.8) is 0 Å². The van der Waals surface area contributed by atoms with Gasteiger partial charge in [0.2, 0.25) is 0 Å². The van der Waals surface area contributed by atoms with Gasteiger partial charge in [-0.1, -0.05) is 61.9 Å². The minimum absolute atomic E-state index is 0.0534. The van der Waals surface area contributed by atoms with Gasteiger partial charge < -0.3 is 15.1 Å². The van der Waals surface area contributed by atoms with Gasteiger partial charge in [0, 0.05) is 29.7 Å². The van der Waals surface area contributed by atoms with Crippen molar-refractivity contribution >= 4 is 17.3 Å². The van der Waals surface area contributed by atoms with Crippen LogP contribution >= 0.6 is 11.6 Å². The lowest BCUT2D eigenvalue weighted by atomic mass is 9.68. The highest BCUT2D eigenvalue weighted by Gasteiger charge is 2.33. The minimum atomic E-state index is -0.134. The fourth-order valence-corrected chi connectivity index (χ4v) is 3.54.